The second-order valence-electron chi connectivity index (χ2n) is 4.21. The highest BCUT2D eigenvalue weighted by atomic mass is 16.5. The van der Waals surface area contributed by atoms with Crippen molar-refractivity contribution in [1.82, 2.24) is 0 Å². The van der Waals surface area contributed by atoms with Crippen LogP contribution in [-0.2, 0) is 9.53 Å². The molecule has 2 aliphatic rings. The van der Waals surface area contributed by atoms with Crippen LogP contribution in [0.5, 0.6) is 0 Å². The number of rotatable bonds is 4. The maximum Gasteiger partial charge on any atom is 0.128 e. The van der Waals surface area contributed by atoms with Gasteiger partial charge in [0.25, 0.3) is 0 Å². The average Bonchev–Trinajstić information content (AvgIpc) is 2.74. The zero-order valence-electron chi connectivity index (χ0n) is 7.87. The van der Waals surface area contributed by atoms with Gasteiger partial charge in [0.1, 0.15) is 6.29 Å². The summed E-state index contributed by atoms with van der Waals surface area (Å²) in [7, 11) is 0. The van der Waals surface area contributed by atoms with E-state index in [0.29, 0.717) is 6.10 Å². The highest BCUT2D eigenvalue weighted by molar-refractivity contribution is 5.61. The van der Waals surface area contributed by atoms with E-state index in [1.165, 1.54) is 0 Å². The molecule has 2 rings (SSSR count). The van der Waals surface area contributed by atoms with E-state index >= 15 is 0 Å². The van der Waals surface area contributed by atoms with Crippen LogP contribution in [0.15, 0.2) is 12.7 Å². The molecule has 0 aromatic carbocycles. The van der Waals surface area contributed by atoms with E-state index in [1.54, 1.807) is 0 Å². The lowest BCUT2D eigenvalue weighted by atomic mass is 9.72. The van der Waals surface area contributed by atoms with Crippen LogP contribution < -0.4 is 0 Å². The molecule has 3 atom stereocenters. The molecule has 13 heavy (non-hydrogen) atoms. The van der Waals surface area contributed by atoms with E-state index in [9.17, 15) is 4.79 Å². The number of fused-ring (bicyclic) bond motifs is 2. The van der Waals surface area contributed by atoms with E-state index in [4.69, 9.17) is 4.74 Å². The summed E-state index contributed by atoms with van der Waals surface area (Å²) in [5, 5.41) is 0. The summed E-state index contributed by atoms with van der Waals surface area (Å²) < 4.78 is 5.71. The van der Waals surface area contributed by atoms with Crippen LogP contribution in [0.25, 0.3) is 0 Å². The first-order valence-electron chi connectivity index (χ1n) is 5.03. The molecule has 2 saturated heterocycles. The molecule has 0 radical (unpaired) electrons. The minimum Gasteiger partial charge on any atom is -0.374 e. The predicted octanol–water partition coefficient (Wildman–Crippen LogP) is 2.09. The lowest BCUT2D eigenvalue weighted by Crippen LogP contribution is -2.33. The fraction of sp³-hybridized carbons (Fsp3) is 0.727. The summed E-state index contributed by atoms with van der Waals surface area (Å²) in [6.07, 6.45) is 8.57. The van der Waals surface area contributed by atoms with Crippen LogP contribution in [0, 0.1) is 5.41 Å². The Morgan fingerprint density at radius 2 is 2.38 bits per heavy atom. The van der Waals surface area contributed by atoms with Gasteiger partial charge in [-0.25, -0.2) is 0 Å². The Hall–Kier alpha value is -0.630. The van der Waals surface area contributed by atoms with E-state index in [2.05, 4.69) is 6.58 Å². The van der Waals surface area contributed by atoms with Gasteiger partial charge in [-0.2, -0.15) is 0 Å². The van der Waals surface area contributed by atoms with E-state index < -0.39 is 0 Å². The van der Waals surface area contributed by atoms with Crippen molar-refractivity contribution < 1.29 is 9.53 Å². The molecule has 2 fully saturated rings. The van der Waals surface area contributed by atoms with Crippen molar-refractivity contribution in [2.24, 2.45) is 5.41 Å². The van der Waals surface area contributed by atoms with Crippen molar-refractivity contribution in [3.63, 3.8) is 0 Å². The van der Waals surface area contributed by atoms with Gasteiger partial charge in [-0.05, 0) is 32.1 Å². The van der Waals surface area contributed by atoms with Gasteiger partial charge in [-0.1, -0.05) is 6.08 Å². The van der Waals surface area contributed by atoms with Crippen LogP contribution in [0.2, 0.25) is 0 Å². The lowest BCUT2D eigenvalue weighted by molar-refractivity contribution is -0.119. The molecular weight excluding hydrogens is 164 g/mol. The summed E-state index contributed by atoms with van der Waals surface area (Å²) in [4.78, 5) is 11.1. The molecule has 0 spiro atoms. The summed E-state index contributed by atoms with van der Waals surface area (Å²) >= 11 is 0. The van der Waals surface area contributed by atoms with Crippen molar-refractivity contribution >= 4 is 6.29 Å². The maximum absolute atomic E-state index is 11.1. The second-order valence-corrected chi connectivity index (χ2v) is 4.21. The van der Waals surface area contributed by atoms with Crippen molar-refractivity contribution in [3.8, 4) is 0 Å². The number of hydrogen-bond acceptors (Lipinski definition) is 2. The molecular formula is C11H16O2. The first-order valence-corrected chi connectivity index (χ1v) is 5.03. The molecule has 2 nitrogen and oxygen atoms in total. The SMILES string of the molecule is C=CCCC1(C=O)CC2CCC1O2. The average molecular weight is 180 g/mol. The summed E-state index contributed by atoms with van der Waals surface area (Å²) in [5.74, 6) is 0. The van der Waals surface area contributed by atoms with Crippen LogP contribution in [0.1, 0.15) is 32.1 Å². The first-order chi connectivity index (χ1) is 6.30. The minimum atomic E-state index is -0.170. The van der Waals surface area contributed by atoms with Gasteiger partial charge < -0.3 is 9.53 Å². The van der Waals surface area contributed by atoms with Crippen molar-refractivity contribution in [2.45, 2.75) is 44.3 Å². The third-order valence-electron chi connectivity index (χ3n) is 3.41. The number of hydrogen-bond donors (Lipinski definition) is 0. The molecule has 72 valence electrons. The van der Waals surface area contributed by atoms with Crippen molar-refractivity contribution in [1.29, 1.82) is 0 Å². The van der Waals surface area contributed by atoms with Crippen LogP contribution >= 0.6 is 0 Å². The Labute approximate surface area is 79.0 Å². The molecule has 0 aliphatic carbocycles. The highest BCUT2D eigenvalue weighted by Gasteiger charge is 2.51. The summed E-state index contributed by atoms with van der Waals surface area (Å²) in [5.41, 5.74) is -0.170. The Balaban J connectivity index is 2.07. The quantitative estimate of drug-likeness (QED) is 0.489. The third kappa shape index (κ3) is 1.33. The molecule has 2 aliphatic heterocycles. The number of carbonyl (C=O) groups excluding carboxylic acids is 1. The minimum absolute atomic E-state index is 0.170. The fourth-order valence-electron chi connectivity index (χ4n) is 2.65. The molecule has 2 heterocycles. The molecule has 0 saturated carbocycles. The first kappa shape index (κ1) is 8.95. The van der Waals surface area contributed by atoms with E-state index in [0.717, 1.165) is 38.4 Å². The van der Waals surface area contributed by atoms with Crippen LogP contribution in [-0.4, -0.2) is 18.5 Å². The smallest absolute Gasteiger partial charge is 0.128 e. The predicted molar refractivity (Wildman–Crippen MR) is 50.4 cm³/mol. The van der Waals surface area contributed by atoms with E-state index in [1.807, 2.05) is 6.08 Å². The van der Waals surface area contributed by atoms with Crippen LogP contribution in [0.3, 0.4) is 0 Å². The zero-order valence-corrected chi connectivity index (χ0v) is 7.87. The van der Waals surface area contributed by atoms with E-state index in [-0.39, 0.29) is 11.5 Å². The van der Waals surface area contributed by atoms with Crippen molar-refractivity contribution in [3.05, 3.63) is 12.7 Å². The van der Waals surface area contributed by atoms with Gasteiger partial charge >= 0.3 is 0 Å². The molecule has 0 aromatic heterocycles. The summed E-state index contributed by atoms with van der Waals surface area (Å²) in [6.45, 7) is 3.69. The molecule has 2 heteroatoms. The topological polar surface area (TPSA) is 26.3 Å². The maximum atomic E-state index is 11.1. The van der Waals surface area contributed by atoms with Gasteiger partial charge in [0.2, 0.25) is 0 Å². The van der Waals surface area contributed by atoms with Crippen LogP contribution in [0.4, 0.5) is 0 Å². The molecule has 2 bridgehead atoms. The lowest BCUT2D eigenvalue weighted by Gasteiger charge is -2.28. The normalized spacial score (nSPS) is 42.2. The number of ether oxygens (including phenoxy) is 1. The number of allylic oxidation sites excluding steroid dienone is 1. The molecule has 0 amide bonds. The van der Waals surface area contributed by atoms with Gasteiger partial charge in [0, 0.05) is 0 Å². The Bertz CT molecular complexity index is 224. The monoisotopic (exact) mass is 180 g/mol. The Morgan fingerprint density at radius 3 is 2.85 bits per heavy atom. The highest BCUT2D eigenvalue weighted by Crippen LogP contribution is 2.49. The second kappa shape index (κ2) is 3.26. The largest absolute Gasteiger partial charge is 0.374 e. The van der Waals surface area contributed by atoms with Gasteiger partial charge in [-0.3, -0.25) is 0 Å². The van der Waals surface area contributed by atoms with Gasteiger partial charge in [0.05, 0.1) is 17.6 Å². The summed E-state index contributed by atoms with van der Waals surface area (Å²) in [6, 6.07) is 0. The number of aldehydes is 1. The van der Waals surface area contributed by atoms with Crippen molar-refractivity contribution in [2.75, 3.05) is 0 Å². The molecule has 3 unspecified atom stereocenters. The fourth-order valence-corrected chi connectivity index (χ4v) is 2.65. The number of carbonyl (C=O) groups is 1. The Kier molecular flexibility index (Phi) is 2.24. The molecule has 0 aromatic rings. The third-order valence-corrected chi connectivity index (χ3v) is 3.41. The Morgan fingerprint density at radius 1 is 1.54 bits per heavy atom. The van der Waals surface area contributed by atoms with Gasteiger partial charge in [0.15, 0.2) is 0 Å². The standard InChI is InChI=1S/C11H16O2/c1-2-3-6-11(8-12)7-9-4-5-10(11)13-9/h2,8-10H,1,3-7H2. The zero-order chi connectivity index (χ0) is 9.31. The van der Waals surface area contributed by atoms with Gasteiger partial charge in [-0.15, -0.1) is 6.58 Å². The molecule has 0 N–H and O–H groups in total.